The standard InChI is InChI=1S/C15H20O3/c1-5-17-13(18-14(16)15(2,3)4)11-12-9-7-6-8-10-12/h6-11H,5H2,1-4H3/b13-11-. The van der Waals surface area contributed by atoms with Crippen molar-refractivity contribution in [3.63, 3.8) is 0 Å². The van der Waals surface area contributed by atoms with E-state index in [1.165, 1.54) is 0 Å². The zero-order valence-electron chi connectivity index (χ0n) is 11.4. The third-order valence-electron chi connectivity index (χ3n) is 2.18. The summed E-state index contributed by atoms with van der Waals surface area (Å²) in [7, 11) is 0. The minimum atomic E-state index is -0.549. The van der Waals surface area contributed by atoms with Crippen LogP contribution in [0.4, 0.5) is 0 Å². The van der Waals surface area contributed by atoms with Crippen LogP contribution >= 0.6 is 0 Å². The van der Waals surface area contributed by atoms with Crippen molar-refractivity contribution in [2.45, 2.75) is 27.7 Å². The van der Waals surface area contributed by atoms with Crippen molar-refractivity contribution in [1.82, 2.24) is 0 Å². The lowest BCUT2D eigenvalue weighted by molar-refractivity contribution is -0.153. The highest BCUT2D eigenvalue weighted by Gasteiger charge is 2.24. The van der Waals surface area contributed by atoms with Gasteiger partial charge in [-0.2, -0.15) is 0 Å². The highest BCUT2D eigenvalue weighted by molar-refractivity contribution is 5.76. The minimum Gasteiger partial charge on any atom is -0.465 e. The van der Waals surface area contributed by atoms with Crippen molar-refractivity contribution < 1.29 is 14.3 Å². The monoisotopic (exact) mass is 248 g/mol. The smallest absolute Gasteiger partial charge is 0.318 e. The lowest BCUT2D eigenvalue weighted by Gasteiger charge is -2.17. The first kappa shape index (κ1) is 14.3. The Balaban J connectivity index is 2.84. The molecule has 98 valence electrons. The summed E-state index contributed by atoms with van der Waals surface area (Å²) in [6.45, 7) is 7.73. The van der Waals surface area contributed by atoms with Gasteiger partial charge in [-0.3, -0.25) is 4.79 Å². The van der Waals surface area contributed by atoms with Gasteiger partial charge >= 0.3 is 5.97 Å². The summed E-state index contributed by atoms with van der Waals surface area (Å²) < 4.78 is 10.6. The van der Waals surface area contributed by atoms with Crippen LogP contribution in [0.25, 0.3) is 6.08 Å². The first-order valence-electron chi connectivity index (χ1n) is 6.05. The zero-order valence-corrected chi connectivity index (χ0v) is 11.4. The van der Waals surface area contributed by atoms with Crippen LogP contribution in [0.3, 0.4) is 0 Å². The molecule has 0 saturated heterocycles. The van der Waals surface area contributed by atoms with E-state index in [-0.39, 0.29) is 11.9 Å². The van der Waals surface area contributed by atoms with Gasteiger partial charge in [0, 0.05) is 6.08 Å². The lowest BCUT2D eigenvalue weighted by Crippen LogP contribution is -2.23. The Morgan fingerprint density at radius 2 is 1.83 bits per heavy atom. The highest BCUT2D eigenvalue weighted by Crippen LogP contribution is 2.19. The number of rotatable bonds is 4. The van der Waals surface area contributed by atoms with Gasteiger partial charge in [0.05, 0.1) is 12.0 Å². The maximum Gasteiger partial charge on any atom is 0.318 e. The van der Waals surface area contributed by atoms with E-state index in [2.05, 4.69) is 0 Å². The number of esters is 1. The molecule has 0 N–H and O–H groups in total. The topological polar surface area (TPSA) is 35.5 Å². The molecule has 0 fully saturated rings. The largest absolute Gasteiger partial charge is 0.465 e. The number of hydrogen-bond donors (Lipinski definition) is 0. The predicted octanol–water partition coefficient (Wildman–Crippen LogP) is 3.61. The molecule has 0 aliphatic rings. The molecule has 3 heteroatoms. The van der Waals surface area contributed by atoms with Gasteiger partial charge in [0.25, 0.3) is 5.95 Å². The Labute approximate surface area is 108 Å². The number of ether oxygens (including phenoxy) is 2. The van der Waals surface area contributed by atoms with Crippen LogP contribution in [0.5, 0.6) is 0 Å². The van der Waals surface area contributed by atoms with Crippen molar-refractivity contribution in [3.05, 3.63) is 41.8 Å². The Morgan fingerprint density at radius 1 is 1.22 bits per heavy atom. The Bertz CT molecular complexity index is 413. The van der Waals surface area contributed by atoms with Crippen LogP contribution in [0, 0.1) is 5.41 Å². The van der Waals surface area contributed by atoms with Gasteiger partial charge in [0.2, 0.25) is 0 Å². The quantitative estimate of drug-likeness (QED) is 0.603. The van der Waals surface area contributed by atoms with Crippen LogP contribution in [0.15, 0.2) is 36.3 Å². The fourth-order valence-electron chi connectivity index (χ4n) is 1.17. The summed E-state index contributed by atoms with van der Waals surface area (Å²) in [4.78, 5) is 11.8. The zero-order chi connectivity index (χ0) is 13.6. The van der Waals surface area contributed by atoms with Gasteiger partial charge < -0.3 is 9.47 Å². The van der Waals surface area contributed by atoms with Gasteiger partial charge in [0.15, 0.2) is 0 Å². The van der Waals surface area contributed by atoms with E-state index < -0.39 is 5.41 Å². The molecule has 3 nitrogen and oxygen atoms in total. The van der Waals surface area contributed by atoms with Crippen LogP contribution in [0.2, 0.25) is 0 Å². The fourth-order valence-corrected chi connectivity index (χ4v) is 1.17. The van der Waals surface area contributed by atoms with Crippen molar-refractivity contribution in [2.75, 3.05) is 6.61 Å². The summed E-state index contributed by atoms with van der Waals surface area (Å²) in [6.07, 6.45) is 1.72. The Hall–Kier alpha value is -1.77. The van der Waals surface area contributed by atoms with E-state index in [0.29, 0.717) is 6.61 Å². The molecule has 1 rings (SSSR count). The van der Waals surface area contributed by atoms with Crippen LogP contribution in [0.1, 0.15) is 33.3 Å². The van der Waals surface area contributed by atoms with Gasteiger partial charge in [-0.05, 0) is 33.3 Å². The molecule has 0 atom stereocenters. The van der Waals surface area contributed by atoms with Crippen LogP contribution < -0.4 is 0 Å². The lowest BCUT2D eigenvalue weighted by atomic mass is 9.97. The molecule has 1 aromatic rings. The van der Waals surface area contributed by atoms with E-state index in [1.54, 1.807) is 26.8 Å². The first-order valence-corrected chi connectivity index (χ1v) is 6.05. The van der Waals surface area contributed by atoms with Crippen LogP contribution in [-0.4, -0.2) is 12.6 Å². The maximum absolute atomic E-state index is 11.8. The maximum atomic E-state index is 11.8. The molecule has 18 heavy (non-hydrogen) atoms. The third-order valence-corrected chi connectivity index (χ3v) is 2.18. The van der Waals surface area contributed by atoms with Gasteiger partial charge in [0.1, 0.15) is 0 Å². The molecular weight excluding hydrogens is 228 g/mol. The average molecular weight is 248 g/mol. The Kier molecular flexibility index (Phi) is 4.95. The van der Waals surface area contributed by atoms with E-state index >= 15 is 0 Å². The molecule has 0 spiro atoms. The fraction of sp³-hybridized carbons (Fsp3) is 0.400. The average Bonchev–Trinajstić information content (AvgIpc) is 2.29. The van der Waals surface area contributed by atoms with Crippen molar-refractivity contribution in [3.8, 4) is 0 Å². The number of carbonyl (C=O) groups excluding carboxylic acids is 1. The molecule has 0 aliphatic heterocycles. The minimum absolute atomic E-state index is 0.239. The molecule has 0 amide bonds. The molecule has 1 aromatic carbocycles. The first-order chi connectivity index (χ1) is 8.43. The van der Waals surface area contributed by atoms with Crippen LogP contribution in [-0.2, 0) is 14.3 Å². The summed E-state index contributed by atoms with van der Waals surface area (Å²) >= 11 is 0. The molecule has 0 unspecified atom stereocenters. The van der Waals surface area contributed by atoms with Gasteiger partial charge in [-0.1, -0.05) is 30.3 Å². The van der Waals surface area contributed by atoms with E-state index in [9.17, 15) is 4.79 Å². The second kappa shape index (κ2) is 6.24. The van der Waals surface area contributed by atoms with Gasteiger partial charge in [-0.25, -0.2) is 0 Å². The summed E-state index contributed by atoms with van der Waals surface area (Å²) in [5.74, 6) is -0.0678. The summed E-state index contributed by atoms with van der Waals surface area (Å²) in [5, 5.41) is 0. The molecule has 0 radical (unpaired) electrons. The molecule has 0 aromatic heterocycles. The number of hydrogen-bond acceptors (Lipinski definition) is 3. The van der Waals surface area contributed by atoms with E-state index in [0.717, 1.165) is 5.56 Å². The molecular formula is C15H20O3. The van der Waals surface area contributed by atoms with Gasteiger partial charge in [-0.15, -0.1) is 0 Å². The molecule has 0 aliphatic carbocycles. The number of benzene rings is 1. The van der Waals surface area contributed by atoms with E-state index in [1.807, 2.05) is 37.3 Å². The normalized spacial score (nSPS) is 12.1. The summed E-state index contributed by atoms with van der Waals surface area (Å²) in [6, 6.07) is 9.61. The third kappa shape index (κ3) is 4.62. The van der Waals surface area contributed by atoms with Crippen molar-refractivity contribution in [2.24, 2.45) is 5.41 Å². The second-order valence-corrected chi connectivity index (χ2v) is 4.95. The molecule has 0 bridgehead atoms. The van der Waals surface area contributed by atoms with Crippen molar-refractivity contribution >= 4 is 12.0 Å². The Morgan fingerprint density at radius 3 is 2.33 bits per heavy atom. The van der Waals surface area contributed by atoms with Crippen molar-refractivity contribution in [1.29, 1.82) is 0 Å². The SMILES string of the molecule is CCO/C(=C/c1ccccc1)OC(=O)C(C)(C)C. The second-order valence-electron chi connectivity index (χ2n) is 4.95. The molecule has 0 heterocycles. The summed E-state index contributed by atoms with van der Waals surface area (Å²) in [5.41, 5.74) is 0.384. The predicted molar refractivity (Wildman–Crippen MR) is 71.6 cm³/mol. The van der Waals surface area contributed by atoms with E-state index in [4.69, 9.17) is 9.47 Å². The number of carbonyl (C=O) groups is 1. The highest BCUT2D eigenvalue weighted by atomic mass is 16.7. The molecule has 0 saturated carbocycles.